The van der Waals surface area contributed by atoms with Crippen molar-refractivity contribution < 1.29 is 4.39 Å². The molecular formula is C14H14FN3O. The molecule has 4 nitrogen and oxygen atoms in total. The van der Waals surface area contributed by atoms with Gasteiger partial charge in [0.1, 0.15) is 5.82 Å². The number of nitrogens with zero attached hydrogens (tertiary/aromatic N) is 3. The van der Waals surface area contributed by atoms with E-state index in [4.69, 9.17) is 5.26 Å². The molecule has 0 spiro atoms. The highest BCUT2D eigenvalue weighted by atomic mass is 19.1. The summed E-state index contributed by atoms with van der Waals surface area (Å²) in [5.41, 5.74) is 0.526. The third-order valence-electron chi connectivity index (χ3n) is 2.91. The van der Waals surface area contributed by atoms with Gasteiger partial charge < -0.3 is 0 Å². The van der Waals surface area contributed by atoms with E-state index in [1.165, 1.54) is 16.7 Å². The molecule has 0 unspecified atom stereocenters. The number of aromatic nitrogens is 2. The SMILES string of the molecule is CCCn1ccn(Cc2ccc(C#N)cc2F)c1=O. The lowest BCUT2D eigenvalue weighted by atomic mass is 10.1. The predicted molar refractivity (Wildman–Crippen MR) is 69.2 cm³/mol. The average molecular weight is 259 g/mol. The number of rotatable bonds is 4. The molecule has 0 bridgehead atoms. The van der Waals surface area contributed by atoms with Crippen LogP contribution in [0.2, 0.25) is 0 Å². The Morgan fingerprint density at radius 1 is 1.32 bits per heavy atom. The first kappa shape index (κ1) is 13.1. The highest BCUT2D eigenvalue weighted by molar-refractivity contribution is 5.32. The molecule has 0 aliphatic rings. The molecule has 0 fully saturated rings. The molecule has 1 aromatic carbocycles. The van der Waals surface area contributed by atoms with Gasteiger partial charge in [-0.3, -0.25) is 9.13 Å². The van der Waals surface area contributed by atoms with Gasteiger partial charge in [0.25, 0.3) is 0 Å². The Morgan fingerprint density at radius 2 is 2.05 bits per heavy atom. The maximum atomic E-state index is 13.7. The van der Waals surface area contributed by atoms with Crippen molar-refractivity contribution in [2.45, 2.75) is 26.4 Å². The van der Waals surface area contributed by atoms with Crippen molar-refractivity contribution in [1.82, 2.24) is 9.13 Å². The van der Waals surface area contributed by atoms with Crippen molar-refractivity contribution in [3.05, 3.63) is 58.0 Å². The molecule has 2 rings (SSSR count). The zero-order valence-corrected chi connectivity index (χ0v) is 10.6. The molecule has 1 aromatic heterocycles. The molecule has 2 aromatic rings. The zero-order valence-electron chi connectivity index (χ0n) is 10.6. The van der Waals surface area contributed by atoms with Gasteiger partial charge in [-0.05, 0) is 18.6 Å². The molecule has 1 heterocycles. The Hall–Kier alpha value is -2.35. The Kier molecular flexibility index (Phi) is 3.81. The standard InChI is InChI=1S/C14H14FN3O/c1-2-5-17-6-7-18(14(17)19)10-12-4-3-11(9-16)8-13(12)15/h3-4,6-8H,2,5,10H2,1H3. The van der Waals surface area contributed by atoms with Gasteiger partial charge in [-0.2, -0.15) is 5.26 Å². The van der Waals surface area contributed by atoms with E-state index < -0.39 is 5.82 Å². The minimum Gasteiger partial charge on any atom is -0.299 e. The van der Waals surface area contributed by atoms with Crippen LogP contribution in [-0.2, 0) is 13.1 Å². The van der Waals surface area contributed by atoms with E-state index >= 15 is 0 Å². The first-order valence-corrected chi connectivity index (χ1v) is 6.09. The summed E-state index contributed by atoms with van der Waals surface area (Å²) in [5, 5.41) is 8.67. The van der Waals surface area contributed by atoms with Crippen molar-refractivity contribution >= 4 is 0 Å². The van der Waals surface area contributed by atoms with Crippen molar-refractivity contribution in [1.29, 1.82) is 5.26 Å². The van der Waals surface area contributed by atoms with Crippen molar-refractivity contribution in [3.8, 4) is 6.07 Å². The molecule has 0 saturated carbocycles. The molecule has 0 saturated heterocycles. The third kappa shape index (κ3) is 2.74. The number of hydrogen-bond donors (Lipinski definition) is 0. The fourth-order valence-corrected chi connectivity index (χ4v) is 1.91. The first-order chi connectivity index (χ1) is 9.15. The fourth-order valence-electron chi connectivity index (χ4n) is 1.91. The van der Waals surface area contributed by atoms with Crippen LogP contribution in [0.3, 0.4) is 0 Å². The number of aryl methyl sites for hydroxylation is 1. The number of nitriles is 1. The molecule has 0 aliphatic heterocycles. The van der Waals surface area contributed by atoms with E-state index in [0.29, 0.717) is 12.1 Å². The minimum absolute atomic E-state index is 0.148. The van der Waals surface area contributed by atoms with E-state index in [1.807, 2.05) is 13.0 Å². The monoisotopic (exact) mass is 259 g/mol. The van der Waals surface area contributed by atoms with Crippen LogP contribution in [0.25, 0.3) is 0 Å². The Morgan fingerprint density at radius 3 is 2.68 bits per heavy atom. The summed E-state index contributed by atoms with van der Waals surface area (Å²) < 4.78 is 16.8. The minimum atomic E-state index is -0.464. The molecule has 5 heteroatoms. The van der Waals surface area contributed by atoms with Gasteiger partial charge >= 0.3 is 5.69 Å². The second-order valence-electron chi connectivity index (χ2n) is 4.32. The molecular weight excluding hydrogens is 245 g/mol. The van der Waals surface area contributed by atoms with Crippen LogP contribution in [0.5, 0.6) is 0 Å². The van der Waals surface area contributed by atoms with Crippen LogP contribution in [0.1, 0.15) is 24.5 Å². The van der Waals surface area contributed by atoms with Gasteiger partial charge in [-0.25, -0.2) is 9.18 Å². The third-order valence-corrected chi connectivity index (χ3v) is 2.91. The van der Waals surface area contributed by atoms with E-state index in [0.717, 1.165) is 6.42 Å². The number of hydrogen-bond acceptors (Lipinski definition) is 2. The van der Waals surface area contributed by atoms with E-state index in [-0.39, 0.29) is 17.8 Å². The van der Waals surface area contributed by atoms with Gasteiger partial charge in [0.05, 0.1) is 18.2 Å². The van der Waals surface area contributed by atoms with E-state index in [2.05, 4.69) is 0 Å². The lowest BCUT2D eigenvalue weighted by Gasteiger charge is -2.04. The summed E-state index contributed by atoms with van der Waals surface area (Å²) in [4.78, 5) is 11.9. The largest absolute Gasteiger partial charge is 0.328 e. The lowest BCUT2D eigenvalue weighted by molar-refractivity contribution is 0.585. The van der Waals surface area contributed by atoms with Crippen LogP contribution in [0, 0.1) is 17.1 Å². The number of imidazole rings is 1. The van der Waals surface area contributed by atoms with Crippen LogP contribution >= 0.6 is 0 Å². The van der Waals surface area contributed by atoms with Gasteiger partial charge in [0.15, 0.2) is 0 Å². The molecule has 0 radical (unpaired) electrons. The van der Waals surface area contributed by atoms with Gasteiger partial charge in [0, 0.05) is 24.5 Å². The molecule has 0 amide bonds. The highest BCUT2D eigenvalue weighted by Crippen LogP contribution is 2.11. The van der Waals surface area contributed by atoms with Crippen LogP contribution < -0.4 is 5.69 Å². The lowest BCUT2D eigenvalue weighted by Crippen LogP contribution is -2.24. The number of halogens is 1. The van der Waals surface area contributed by atoms with Crippen molar-refractivity contribution in [2.24, 2.45) is 0 Å². The molecule has 0 atom stereocenters. The van der Waals surface area contributed by atoms with Crippen molar-refractivity contribution in [2.75, 3.05) is 0 Å². The molecule has 0 aliphatic carbocycles. The van der Waals surface area contributed by atoms with Gasteiger partial charge in [-0.15, -0.1) is 0 Å². The summed E-state index contributed by atoms with van der Waals surface area (Å²) in [6.07, 6.45) is 4.22. The summed E-state index contributed by atoms with van der Waals surface area (Å²) in [6, 6.07) is 6.15. The second-order valence-corrected chi connectivity index (χ2v) is 4.32. The second kappa shape index (κ2) is 5.53. The highest BCUT2D eigenvalue weighted by Gasteiger charge is 2.07. The fraction of sp³-hybridized carbons (Fsp3) is 0.286. The normalized spacial score (nSPS) is 10.4. The number of benzene rings is 1. The summed E-state index contributed by atoms with van der Waals surface area (Å²) in [5.74, 6) is -0.464. The quantitative estimate of drug-likeness (QED) is 0.844. The summed E-state index contributed by atoms with van der Waals surface area (Å²) in [6.45, 7) is 2.82. The zero-order chi connectivity index (χ0) is 13.8. The maximum absolute atomic E-state index is 13.7. The topological polar surface area (TPSA) is 50.7 Å². The van der Waals surface area contributed by atoms with Gasteiger partial charge in [-0.1, -0.05) is 13.0 Å². The Bertz CT molecular complexity index is 679. The average Bonchev–Trinajstić information content (AvgIpc) is 2.74. The molecule has 19 heavy (non-hydrogen) atoms. The first-order valence-electron chi connectivity index (χ1n) is 6.09. The molecule has 98 valence electrons. The predicted octanol–water partition coefficient (Wildman–Crippen LogP) is 2.12. The Balaban J connectivity index is 2.27. The summed E-state index contributed by atoms with van der Waals surface area (Å²) in [7, 11) is 0. The molecule has 0 N–H and O–H groups in total. The maximum Gasteiger partial charge on any atom is 0.328 e. The van der Waals surface area contributed by atoms with E-state index in [9.17, 15) is 9.18 Å². The van der Waals surface area contributed by atoms with Crippen molar-refractivity contribution in [3.63, 3.8) is 0 Å². The van der Waals surface area contributed by atoms with Crippen LogP contribution in [0.15, 0.2) is 35.4 Å². The van der Waals surface area contributed by atoms with Gasteiger partial charge in [0.2, 0.25) is 0 Å². The summed E-state index contributed by atoms with van der Waals surface area (Å²) >= 11 is 0. The van der Waals surface area contributed by atoms with E-state index in [1.54, 1.807) is 23.0 Å². The Labute approximate surface area is 110 Å². The smallest absolute Gasteiger partial charge is 0.299 e. The van der Waals surface area contributed by atoms with Crippen LogP contribution in [0.4, 0.5) is 4.39 Å². The van der Waals surface area contributed by atoms with Crippen LogP contribution in [-0.4, -0.2) is 9.13 Å².